The molecule has 1 amide bonds. The molecule has 0 atom stereocenters. The number of pyridine rings is 1. The molecule has 0 saturated heterocycles. The molecule has 5 heteroatoms. The van der Waals surface area contributed by atoms with Crippen LogP contribution in [0.5, 0.6) is 0 Å². The van der Waals surface area contributed by atoms with Crippen LogP contribution in [0.25, 0.3) is 23.0 Å². The molecule has 2 aromatic carbocycles. The van der Waals surface area contributed by atoms with Crippen LogP contribution in [0.4, 0.5) is 5.69 Å². The summed E-state index contributed by atoms with van der Waals surface area (Å²) < 4.78 is 1.97. The van der Waals surface area contributed by atoms with Crippen LogP contribution >= 0.6 is 0 Å². The Morgan fingerprint density at radius 2 is 1.87 bits per heavy atom. The number of aryl methyl sites for hydroxylation is 2. The number of fused-ring (bicyclic) bond motifs is 1. The van der Waals surface area contributed by atoms with Gasteiger partial charge in [0.15, 0.2) is 0 Å². The summed E-state index contributed by atoms with van der Waals surface area (Å²) >= 11 is 0. The summed E-state index contributed by atoms with van der Waals surface area (Å²) in [6, 6.07) is 21.1. The number of benzene rings is 2. The number of rotatable bonds is 4. The van der Waals surface area contributed by atoms with Crippen molar-refractivity contribution in [1.82, 2.24) is 9.38 Å². The van der Waals surface area contributed by atoms with Crippen molar-refractivity contribution < 1.29 is 4.79 Å². The van der Waals surface area contributed by atoms with Crippen molar-refractivity contribution in [2.45, 2.75) is 13.8 Å². The molecule has 146 valence electrons. The Kier molecular flexibility index (Phi) is 5.15. The molecule has 0 spiro atoms. The topological polar surface area (TPSA) is 70.2 Å². The van der Waals surface area contributed by atoms with Crippen LogP contribution in [0.3, 0.4) is 0 Å². The Labute approximate surface area is 174 Å². The standard InChI is InChI=1S/C25H20N4O/c1-17-6-8-20(9-7-17)25-22(29-13-12-18(2)14-23(29)28-25)10-11-24(30)27-21-5-3-4-19(15-21)16-26/h3-15H,1-2H3,(H,27,30)/b11-10+. The lowest BCUT2D eigenvalue weighted by atomic mass is 10.1. The number of amides is 1. The van der Waals surface area contributed by atoms with Crippen LogP contribution in [0.1, 0.15) is 22.4 Å². The molecule has 2 aromatic heterocycles. The lowest BCUT2D eigenvalue weighted by Crippen LogP contribution is -2.07. The average Bonchev–Trinajstić information content (AvgIpc) is 3.10. The van der Waals surface area contributed by atoms with Crippen LogP contribution in [-0.2, 0) is 4.79 Å². The number of carbonyl (C=O) groups excluding carboxylic acids is 1. The van der Waals surface area contributed by atoms with E-state index in [1.54, 1.807) is 30.3 Å². The summed E-state index contributed by atoms with van der Waals surface area (Å²) in [4.78, 5) is 17.3. The number of aromatic nitrogens is 2. The smallest absolute Gasteiger partial charge is 0.248 e. The Balaban J connectivity index is 1.70. The van der Waals surface area contributed by atoms with Crippen LogP contribution < -0.4 is 5.32 Å². The van der Waals surface area contributed by atoms with E-state index in [-0.39, 0.29) is 5.91 Å². The summed E-state index contributed by atoms with van der Waals surface area (Å²) in [5, 5.41) is 11.8. The molecule has 0 aliphatic carbocycles. The Hall–Kier alpha value is -4.17. The summed E-state index contributed by atoms with van der Waals surface area (Å²) in [6.07, 6.45) is 5.22. The van der Waals surface area contributed by atoms with Gasteiger partial charge in [-0.2, -0.15) is 5.26 Å². The van der Waals surface area contributed by atoms with E-state index in [4.69, 9.17) is 10.2 Å². The summed E-state index contributed by atoms with van der Waals surface area (Å²) in [6.45, 7) is 4.07. The second-order valence-corrected chi connectivity index (χ2v) is 7.16. The number of imidazole rings is 1. The fourth-order valence-corrected chi connectivity index (χ4v) is 3.25. The van der Waals surface area contributed by atoms with Crippen molar-refractivity contribution in [3.8, 4) is 17.3 Å². The molecule has 0 bridgehead atoms. The SMILES string of the molecule is Cc1ccc(-c2nc3cc(C)ccn3c2/C=C/C(=O)Nc2cccc(C#N)c2)cc1. The van der Waals surface area contributed by atoms with Gasteiger partial charge in [0, 0.05) is 23.5 Å². The van der Waals surface area contributed by atoms with Gasteiger partial charge in [-0.15, -0.1) is 0 Å². The molecule has 4 rings (SSSR count). The van der Waals surface area contributed by atoms with Gasteiger partial charge in [-0.3, -0.25) is 9.20 Å². The molecule has 30 heavy (non-hydrogen) atoms. The van der Waals surface area contributed by atoms with Gasteiger partial charge in [-0.25, -0.2) is 4.98 Å². The molecule has 0 saturated carbocycles. The van der Waals surface area contributed by atoms with E-state index in [9.17, 15) is 4.79 Å². The van der Waals surface area contributed by atoms with Gasteiger partial charge >= 0.3 is 0 Å². The normalized spacial score (nSPS) is 11.0. The minimum absolute atomic E-state index is 0.276. The van der Waals surface area contributed by atoms with Crippen molar-refractivity contribution in [2.24, 2.45) is 0 Å². The van der Waals surface area contributed by atoms with Gasteiger partial charge in [0.1, 0.15) is 5.65 Å². The largest absolute Gasteiger partial charge is 0.322 e. The van der Waals surface area contributed by atoms with Crippen LogP contribution in [0, 0.1) is 25.2 Å². The first-order chi connectivity index (χ1) is 14.5. The maximum absolute atomic E-state index is 12.5. The molecule has 0 unspecified atom stereocenters. The van der Waals surface area contributed by atoms with Gasteiger partial charge in [0.05, 0.1) is 23.0 Å². The minimum Gasteiger partial charge on any atom is -0.322 e. The summed E-state index contributed by atoms with van der Waals surface area (Å²) in [5.74, 6) is -0.276. The monoisotopic (exact) mass is 392 g/mol. The van der Waals surface area contributed by atoms with Crippen LogP contribution in [0.2, 0.25) is 0 Å². The molecular formula is C25H20N4O. The third-order valence-corrected chi connectivity index (χ3v) is 4.80. The van der Waals surface area contributed by atoms with E-state index in [1.165, 1.54) is 11.6 Å². The fourth-order valence-electron chi connectivity index (χ4n) is 3.25. The molecule has 0 aliphatic rings. The van der Waals surface area contributed by atoms with Crippen LogP contribution in [-0.4, -0.2) is 15.3 Å². The molecule has 0 fully saturated rings. The molecule has 0 radical (unpaired) electrons. The van der Waals surface area contributed by atoms with Gasteiger partial charge in [0.2, 0.25) is 5.91 Å². The third-order valence-electron chi connectivity index (χ3n) is 4.80. The Morgan fingerprint density at radius 3 is 2.63 bits per heavy atom. The van der Waals surface area contributed by atoms with Crippen molar-refractivity contribution in [3.05, 3.63) is 95.3 Å². The van der Waals surface area contributed by atoms with Gasteiger partial charge in [-0.1, -0.05) is 35.9 Å². The van der Waals surface area contributed by atoms with Crippen LogP contribution in [0.15, 0.2) is 72.9 Å². The highest BCUT2D eigenvalue weighted by molar-refractivity contribution is 6.02. The van der Waals surface area contributed by atoms with Gasteiger partial charge < -0.3 is 5.32 Å². The van der Waals surface area contributed by atoms with E-state index < -0.39 is 0 Å². The first-order valence-corrected chi connectivity index (χ1v) is 9.58. The number of hydrogen-bond acceptors (Lipinski definition) is 3. The van der Waals surface area contributed by atoms with Gasteiger partial charge in [-0.05, 0) is 55.8 Å². The second-order valence-electron chi connectivity index (χ2n) is 7.16. The molecule has 1 N–H and O–H groups in total. The van der Waals surface area contributed by atoms with E-state index in [0.717, 1.165) is 28.2 Å². The number of hydrogen-bond donors (Lipinski definition) is 1. The van der Waals surface area contributed by atoms with Crippen molar-refractivity contribution in [1.29, 1.82) is 5.26 Å². The quantitative estimate of drug-likeness (QED) is 0.489. The average molecular weight is 392 g/mol. The molecule has 4 aromatic rings. The zero-order chi connectivity index (χ0) is 21.1. The summed E-state index contributed by atoms with van der Waals surface area (Å²) in [5.41, 5.74) is 6.83. The molecule has 5 nitrogen and oxygen atoms in total. The predicted octanol–water partition coefficient (Wildman–Crippen LogP) is 5.14. The molecular weight excluding hydrogens is 372 g/mol. The highest BCUT2D eigenvalue weighted by atomic mass is 16.1. The lowest BCUT2D eigenvalue weighted by Gasteiger charge is -2.04. The third kappa shape index (κ3) is 3.98. The van der Waals surface area contributed by atoms with E-state index in [2.05, 4.69) is 11.4 Å². The zero-order valence-electron chi connectivity index (χ0n) is 16.8. The van der Waals surface area contributed by atoms with Gasteiger partial charge in [0.25, 0.3) is 0 Å². The highest BCUT2D eigenvalue weighted by Gasteiger charge is 2.12. The first-order valence-electron chi connectivity index (χ1n) is 9.58. The number of anilines is 1. The van der Waals surface area contributed by atoms with E-state index in [1.807, 2.05) is 60.8 Å². The predicted molar refractivity (Wildman–Crippen MR) is 119 cm³/mol. The zero-order valence-corrected chi connectivity index (χ0v) is 16.8. The minimum atomic E-state index is -0.276. The second kappa shape index (κ2) is 8.06. The lowest BCUT2D eigenvalue weighted by molar-refractivity contribution is -0.111. The molecule has 2 heterocycles. The summed E-state index contributed by atoms with van der Waals surface area (Å²) in [7, 11) is 0. The Bertz CT molecular complexity index is 1310. The number of nitrogens with one attached hydrogen (secondary N) is 1. The van der Waals surface area contributed by atoms with E-state index in [0.29, 0.717) is 11.3 Å². The van der Waals surface area contributed by atoms with Crippen molar-refractivity contribution in [3.63, 3.8) is 0 Å². The maximum atomic E-state index is 12.5. The maximum Gasteiger partial charge on any atom is 0.248 e. The molecule has 0 aliphatic heterocycles. The fraction of sp³-hybridized carbons (Fsp3) is 0.0800. The number of nitrogens with zero attached hydrogens (tertiary/aromatic N) is 3. The highest BCUT2D eigenvalue weighted by Crippen LogP contribution is 2.26. The first kappa shape index (κ1) is 19.2. The number of nitriles is 1. The van der Waals surface area contributed by atoms with Crippen molar-refractivity contribution >= 4 is 23.3 Å². The number of carbonyl (C=O) groups is 1. The Morgan fingerprint density at radius 1 is 1.07 bits per heavy atom. The van der Waals surface area contributed by atoms with Crippen molar-refractivity contribution in [2.75, 3.05) is 5.32 Å². The van der Waals surface area contributed by atoms with E-state index >= 15 is 0 Å².